The monoisotopic (exact) mass is 407 g/mol. The van der Waals surface area contributed by atoms with Crippen molar-refractivity contribution >= 4 is 11.9 Å². The predicted molar refractivity (Wildman–Crippen MR) is 86.7 cm³/mol. The van der Waals surface area contributed by atoms with Crippen LogP contribution in [0.2, 0.25) is 0 Å². The van der Waals surface area contributed by atoms with Gasteiger partial charge in [0.15, 0.2) is 12.3 Å². The van der Waals surface area contributed by atoms with Gasteiger partial charge in [-0.25, -0.2) is 4.79 Å². The minimum atomic E-state index is -5.24. The number of esters is 1. The summed E-state index contributed by atoms with van der Waals surface area (Å²) >= 11 is 0. The lowest BCUT2D eigenvalue weighted by atomic mass is 10.0. The zero-order valence-electron chi connectivity index (χ0n) is 15.0. The highest BCUT2D eigenvalue weighted by Gasteiger charge is 2.52. The normalized spacial score (nSPS) is 25.9. The van der Waals surface area contributed by atoms with Crippen LogP contribution in [0.1, 0.15) is 5.56 Å². The fourth-order valence-corrected chi connectivity index (χ4v) is 2.70. The molecule has 0 spiro atoms. The van der Waals surface area contributed by atoms with Crippen molar-refractivity contribution in [3.05, 3.63) is 35.9 Å². The van der Waals surface area contributed by atoms with Crippen molar-refractivity contribution in [3.63, 3.8) is 0 Å². The number of methoxy groups -OCH3 is 2. The molecule has 8 nitrogen and oxygen atoms in total. The van der Waals surface area contributed by atoms with Gasteiger partial charge in [0.2, 0.25) is 0 Å². The molecule has 2 rings (SSSR count). The lowest BCUT2D eigenvalue weighted by Crippen LogP contribution is -2.56. The number of nitrogens with one attached hydrogen (secondary N) is 1. The molecule has 1 saturated heterocycles. The van der Waals surface area contributed by atoms with E-state index in [1.54, 1.807) is 30.3 Å². The molecule has 156 valence electrons. The molecule has 0 saturated carbocycles. The summed E-state index contributed by atoms with van der Waals surface area (Å²) < 4.78 is 58.1. The van der Waals surface area contributed by atoms with Crippen LogP contribution < -0.4 is 5.32 Å². The van der Waals surface area contributed by atoms with E-state index in [1.807, 2.05) is 0 Å². The van der Waals surface area contributed by atoms with Crippen LogP contribution in [0.25, 0.3) is 0 Å². The van der Waals surface area contributed by atoms with Crippen LogP contribution in [0.3, 0.4) is 0 Å². The molecule has 1 amide bonds. The first-order valence-corrected chi connectivity index (χ1v) is 8.16. The molecule has 1 aromatic rings. The Hall–Kier alpha value is -2.21. The van der Waals surface area contributed by atoms with Crippen molar-refractivity contribution in [1.29, 1.82) is 0 Å². The summed E-state index contributed by atoms with van der Waals surface area (Å²) in [5, 5.41) is 12.0. The smallest absolute Gasteiger partial charge is 0.467 e. The average Bonchev–Trinajstić information content (AvgIpc) is 2.99. The molecule has 1 aliphatic heterocycles. The van der Waals surface area contributed by atoms with E-state index in [2.05, 4.69) is 4.74 Å². The van der Waals surface area contributed by atoms with Gasteiger partial charge in [-0.1, -0.05) is 30.3 Å². The minimum absolute atomic E-state index is 0.0519. The Morgan fingerprint density at radius 2 is 1.89 bits per heavy atom. The molecule has 1 heterocycles. The molecular weight excluding hydrogens is 387 g/mol. The summed E-state index contributed by atoms with van der Waals surface area (Å²) in [7, 11) is 2.16. The van der Waals surface area contributed by atoms with Crippen molar-refractivity contribution in [2.24, 2.45) is 0 Å². The summed E-state index contributed by atoms with van der Waals surface area (Å²) in [6, 6.07) is 6.96. The number of aliphatic hydroxyl groups is 1. The van der Waals surface area contributed by atoms with Crippen molar-refractivity contribution in [2.45, 2.75) is 43.4 Å². The predicted octanol–water partition coefficient (Wildman–Crippen LogP) is 0.524. The fraction of sp³-hybridized carbons (Fsp3) is 0.529. The molecule has 2 N–H and O–H groups in total. The first kappa shape index (κ1) is 22.1. The van der Waals surface area contributed by atoms with Gasteiger partial charge in [-0.3, -0.25) is 4.79 Å². The summed E-state index contributed by atoms with van der Waals surface area (Å²) in [4.78, 5) is 23.2. The van der Waals surface area contributed by atoms with Crippen molar-refractivity contribution in [3.8, 4) is 0 Å². The summed E-state index contributed by atoms with van der Waals surface area (Å²) in [6.07, 6.45) is -10.7. The van der Waals surface area contributed by atoms with Crippen molar-refractivity contribution in [2.75, 3.05) is 14.2 Å². The Kier molecular flexibility index (Phi) is 7.35. The second-order valence-corrected chi connectivity index (χ2v) is 5.93. The Balaban J connectivity index is 2.15. The Morgan fingerprint density at radius 1 is 1.25 bits per heavy atom. The van der Waals surface area contributed by atoms with E-state index in [0.29, 0.717) is 0 Å². The standard InChI is InChI=1S/C17H20F3NO7/c1-25-14(23)10(21-16(24)17(18,19)20)12-11(22)13(15(26-2)28-12)27-8-9-6-4-3-5-7-9/h3-7,10-13,15,22H,8H2,1-2H3,(H,21,24)/t10-,11-,12-,13+,15-/m0/s1. The molecule has 28 heavy (non-hydrogen) atoms. The Labute approximate surface area is 158 Å². The molecule has 0 unspecified atom stereocenters. The SMILES string of the molecule is COC(=O)[C@@H](NC(=O)C(F)(F)F)[C@@H]1O[C@H](OC)[C@H](OCc2ccccc2)[C@H]1O. The Bertz CT molecular complexity index is 670. The fourth-order valence-electron chi connectivity index (χ4n) is 2.70. The second kappa shape index (κ2) is 9.32. The molecule has 0 aliphatic carbocycles. The van der Waals surface area contributed by atoms with E-state index < -0.39 is 48.7 Å². The molecule has 0 bridgehead atoms. The number of carbonyl (C=O) groups excluding carboxylic acids is 2. The molecule has 11 heteroatoms. The third-order valence-electron chi connectivity index (χ3n) is 4.08. The van der Waals surface area contributed by atoms with E-state index in [-0.39, 0.29) is 6.61 Å². The van der Waals surface area contributed by atoms with Gasteiger partial charge in [-0.05, 0) is 5.56 Å². The molecule has 5 atom stereocenters. The first-order valence-electron chi connectivity index (χ1n) is 8.16. The lowest BCUT2D eigenvalue weighted by molar-refractivity contribution is -0.183. The Morgan fingerprint density at radius 3 is 2.43 bits per heavy atom. The van der Waals surface area contributed by atoms with Gasteiger partial charge >= 0.3 is 18.1 Å². The highest BCUT2D eigenvalue weighted by molar-refractivity contribution is 5.88. The average molecular weight is 407 g/mol. The number of amides is 1. The van der Waals surface area contributed by atoms with Gasteiger partial charge in [0, 0.05) is 7.11 Å². The van der Waals surface area contributed by atoms with Gasteiger partial charge in [-0.15, -0.1) is 0 Å². The number of rotatable bonds is 7. The largest absolute Gasteiger partial charge is 0.471 e. The van der Waals surface area contributed by atoms with Crippen LogP contribution in [0.5, 0.6) is 0 Å². The molecular formula is C17H20F3NO7. The molecule has 0 radical (unpaired) electrons. The zero-order valence-corrected chi connectivity index (χ0v) is 15.0. The zero-order chi connectivity index (χ0) is 20.9. The van der Waals surface area contributed by atoms with E-state index in [0.717, 1.165) is 12.7 Å². The number of benzene rings is 1. The van der Waals surface area contributed by atoms with E-state index in [4.69, 9.17) is 14.2 Å². The van der Waals surface area contributed by atoms with Crippen LogP contribution in [-0.2, 0) is 35.1 Å². The van der Waals surface area contributed by atoms with Crippen LogP contribution in [0.15, 0.2) is 30.3 Å². The van der Waals surface area contributed by atoms with Gasteiger partial charge in [0.25, 0.3) is 0 Å². The van der Waals surface area contributed by atoms with Gasteiger partial charge in [-0.2, -0.15) is 13.2 Å². The summed E-state index contributed by atoms with van der Waals surface area (Å²) in [6.45, 7) is 0.0519. The maximum Gasteiger partial charge on any atom is 0.471 e. The molecule has 0 aromatic heterocycles. The van der Waals surface area contributed by atoms with Crippen LogP contribution in [0.4, 0.5) is 13.2 Å². The van der Waals surface area contributed by atoms with Crippen molar-refractivity contribution < 1.29 is 46.8 Å². The second-order valence-electron chi connectivity index (χ2n) is 5.93. The third kappa shape index (κ3) is 5.19. The third-order valence-corrected chi connectivity index (χ3v) is 4.08. The van der Waals surface area contributed by atoms with Crippen LogP contribution in [0, 0.1) is 0 Å². The van der Waals surface area contributed by atoms with E-state index in [1.165, 1.54) is 12.4 Å². The highest BCUT2D eigenvalue weighted by Crippen LogP contribution is 2.28. The number of ether oxygens (including phenoxy) is 4. The number of carbonyl (C=O) groups is 2. The summed E-state index contributed by atoms with van der Waals surface area (Å²) in [5.74, 6) is -3.60. The molecule has 1 aromatic carbocycles. The van der Waals surface area contributed by atoms with Crippen LogP contribution in [-0.4, -0.2) is 68.0 Å². The quantitative estimate of drug-likeness (QED) is 0.636. The minimum Gasteiger partial charge on any atom is -0.467 e. The first-order chi connectivity index (χ1) is 13.2. The molecule has 1 fully saturated rings. The number of hydrogen-bond donors (Lipinski definition) is 2. The van der Waals surface area contributed by atoms with Gasteiger partial charge in [0.1, 0.15) is 18.3 Å². The van der Waals surface area contributed by atoms with E-state index in [9.17, 15) is 27.9 Å². The van der Waals surface area contributed by atoms with Crippen LogP contribution >= 0.6 is 0 Å². The van der Waals surface area contributed by atoms with E-state index >= 15 is 0 Å². The summed E-state index contributed by atoms with van der Waals surface area (Å²) in [5.41, 5.74) is 0.767. The maximum atomic E-state index is 12.6. The number of alkyl halides is 3. The topological polar surface area (TPSA) is 103 Å². The number of halogens is 3. The number of aliphatic hydroxyl groups excluding tert-OH is 1. The van der Waals surface area contributed by atoms with Gasteiger partial charge in [0.05, 0.1) is 13.7 Å². The van der Waals surface area contributed by atoms with Crippen molar-refractivity contribution in [1.82, 2.24) is 5.32 Å². The molecule has 1 aliphatic rings. The maximum absolute atomic E-state index is 12.6. The highest BCUT2D eigenvalue weighted by atomic mass is 19.4. The van der Waals surface area contributed by atoms with Gasteiger partial charge < -0.3 is 29.4 Å². The number of hydrogen-bond acceptors (Lipinski definition) is 7. The lowest BCUT2D eigenvalue weighted by Gasteiger charge is -2.25.